The summed E-state index contributed by atoms with van der Waals surface area (Å²) in [4.78, 5) is 0. The van der Waals surface area contributed by atoms with Crippen LogP contribution in [0.1, 0.15) is 96.8 Å². The third-order valence-corrected chi connectivity index (χ3v) is 4.18. The second kappa shape index (κ2) is 23.3. The third-order valence-electron chi connectivity index (χ3n) is 4.18. The first kappa shape index (κ1) is 32.0. The van der Waals surface area contributed by atoms with Crippen LogP contribution in [-0.4, -0.2) is 49.5 Å². The van der Waals surface area contributed by atoms with Crippen LogP contribution in [0.25, 0.3) is 0 Å². The van der Waals surface area contributed by atoms with Crippen LogP contribution in [-0.2, 0) is 0 Å². The fourth-order valence-electron chi connectivity index (χ4n) is 2.78. The Kier molecular flexibility index (Phi) is 32.3. The fourth-order valence-corrected chi connectivity index (χ4v) is 2.78. The van der Waals surface area contributed by atoms with Crippen molar-refractivity contribution in [2.75, 3.05) is 27.7 Å². The molecule has 0 aliphatic carbocycles. The van der Waals surface area contributed by atoms with Crippen LogP contribution < -0.4 is 17.0 Å². The summed E-state index contributed by atoms with van der Waals surface area (Å²) >= 11 is 0. The van der Waals surface area contributed by atoms with Crippen molar-refractivity contribution in [1.82, 2.24) is 0 Å². The molecule has 0 radical (unpaired) electrons. The molecule has 0 aliphatic heterocycles. The van der Waals surface area contributed by atoms with Gasteiger partial charge in [-0.2, -0.15) is 0 Å². The van der Waals surface area contributed by atoms with Crippen LogP contribution in [0.2, 0.25) is 0 Å². The number of rotatable bonds is 15. The van der Waals surface area contributed by atoms with Gasteiger partial charge < -0.3 is 21.5 Å². The van der Waals surface area contributed by atoms with E-state index in [0.717, 1.165) is 4.48 Å². The molecule has 0 spiro atoms. The first-order valence-corrected chi connectivity index (χ1v) is 9.36. The molecule has 0 amide bonds. The molecule has 0 aliphatic rings. The number of hydrogen-bond donors (Lipinski definition) is 0. The number of quaternary nitrogens is 1. The zero-order valence-corrected chi connectivity index (χ0v) is 18.2. The molecular formula is C19H46AlBrClN. The zero-order chi connectivity index (χ0) is 15.1. The summed E-state index contributed by atoms with van der Waals surface area (Å²) in [6.07, 6.45) is 20.4. The Morgan fingerprint density at radius 3 is 1.04 bits per heavy atom. The van der Waals surface area contributed by atoms with Gasteiger partial charge in [-0.05, 0) is 12.8 Å². The SMILES string of the molecule is CCCCCCCCCCCCCCCC[N+](C)(C)C.Cl.[AlH3].[Br-]. The quantitative estimate of drug-likeness (QED) is 0.213. The monoisotopic (exact) mass is 429 g/mol. The molecule has 0 aromatic rings. The molecule has 0 atom stereocenters. The molecule has 0 saturated heterocycles. The predicted molar refractivity (Wildman–Crippen MR) is 110 cm³/mol. The molecule has 0 unspecified atom stereocenters. The second-order valence-electron chi connectivity index (χ2n) is 7.61. The van der Waals surface area contributed by atoms with Crippen LogP contribution in [0.4, 0.5) is 0 Å². The molecule has 4 heteroatoms. The van der Waals surface area contributed by atoms with Crippen molar-refractivity contribution in [2.24, 2.45) is 0 Å². The Balaban J connectivity index is -0.000000602. The molecule has 0 fully saturated rings. The summed E-state index contributed by atoms with van der Waals surface area (Å²) in [6, 6.07) is 0. The lowest BCUT2D eigenvalue weighted by Gasteiger charge is -2.23. The van der Waals surface area contributed by atoms with Gasteiger partial charge in [-0.15, -0.1) is 12.4 Å². The maximum absolute atomic E-state index is 2.29. The van der Waals surface area contributed by atoms with Crippen LogP contribution in [0.3, 0.4) is 0 Å². The van der Waals surface area contributed by atoms with E-state index in [1.807, 2.05) is 0 Å². The van der Waals surface area contributed by atoms with Crippen LogP contribution in [0, 0.1) is 0 Å². The zero-order valence-electron chi connectivity index (χ0n) is 15.8. The molecule has 0 N–H and O–H groups in total. The summed E-state index contributed by atoms with van der Waals surface area (Å²) < 4.78 is 1.12. The van der Waals surface area contributed by atoms with Gasteiger partial charge in [0.15, 0.2) is 17.4 Å². The van der Waals surface area contributed by atoms with Crippen LogP contribution >= 0.6 is 12.4 Å². The number of halogens is 2. The van der Waals surface area contributed by atoms with Crippen LogP contribution in [0.15, 0.2) is 0 Å². The van der Waals surface area contributed by atoms with Gasteiger partial charge in [0.25, 0.3) is 0 Å². The third kappa shape index (κ3) is 31.5. The van der Waals surface area contributed by atoms with Gasteiger partial charge in [0.1, 0.15) is 0 Å². The van der Waals surface area contributed by atoms with E-state index in [9.17, 15) is 0 Å². The van der Waals surface area contributed by atoms with Gasteiger partial charge in [-0.3, -0.25) is 0 Å². The van der Waals surface area contributed by atoms with E-state index in [4.69, 9.17) is 0 Å². The van der Waals surface area contributed by atoms with Gasteiger partial charge >= 0.3 is 0 Å². The van der Waals surface area contributed by atoms with Crippen molar-refractivity contribution >= 4 is 29.8 Å². The average molecular weight is 431 g/mol. The molecule has 0 aromatic heterocycles. The number of hydrogen-bond acceptors (Lipinski definition) is 0. The van der Waals surface area contributed by atoms with E-state index in [0.29, 0.717) is 0 Å². The summed E-state index contributed by atoms with van der Waals surface area (Å²) in [5, 5.41) is 0. The predicted octanol–water partition coefficient (Wildman–Crippen LogP) is 2.42. The average Bonchev–Trinajstić information content (AvgIpc) is 2.38. The summed E-state index contributed by atoms with van der Waals surface area (Å²) in [6.45, 7) is 3.63. The molecule has 0 rings (SSSR count). The second-order valence-corrected chi connectivity index (χ2v) is 7.61. The van der Waals surface area contributed by atoms with E-state index in [1.54, 1.807) is 0 Å². The molecule has 0 saturated carbocycles. The minimum atomic E-state index is 0. The Morgan fingerprint density at radius 1 is 0.522 bits per heavy atom. The van der Waals surface area contributed by atoms with Gasteiger partial charge in [0.2, 0.25) is 0 Å². The van der Waals surface area contributed by atoms with Gasteiger partial charge in [0, 0.05) is 0 Å². The summed E-state index contributed by atoms with van der Waals surface area (Å²) in [7, 11) is 6.88. The standard InChI is InChI=1S/C19H42N.Al.BrH.ClH.3H/c1-5-6-7-8-9-10-11-12-13-14-15-16-17-18-19-20(2,3)4;;;;;;/h5-19H2,1-4H3;;2*1H;;;/q+1;;;;;;/p-1. The van der Waals surface area contributed by atoms with Crippen molar-refractivity contribution in [3.05, 3.63) is 0 Å². The molecule has 0 bridgehead atoms. The lowest BCUT2D eigenvalue weighted by molar-refractivity contribution is -0.870. The Bertz CT molecular complexity index is 198. The van der Waals surface area contributed by atoms with E-state index in [-0.39, 0.29) is 46.7 Å². The molecule has 0 aromatic carbocycles. The highest BCUT2D eigenvalue weighted by Crippen LogP contribution is 2.13. The molecule has 0 heterocycles. The first-order valence-electron chi connectivity index (χ1n) is 9.36. The Labute approximate surface area is 175 Å². The smallest absolute Gasteiger partial charge is 0.187 e. The molecule has 23 heavy (non-hydrogen) atoms. The van der Waals surface area contributed by atoms with Gasteiger partial charge in [0.05, 0.1) is 27.7 Å². The summed E-state index contributed by atoms with van der Waals surface area (Å²) in [5.74, 6) is 0. The first-order chi connectivity index (χ1) is 9.56. The minimum absolute atomic E-state index is 0. The van der Waals surface area contributed by atoms with E-state index < -0.39 is 0 Å². The van der Waals surface area contributed by atoms with Crippen molar-refractivity contribution in [2.45, 2.75) is 96.8 Å². The molecule has 1 nitrogen and oxygen atoms in total. The van der Waals surface area contributed by atoms with E-state index in [1.165, 1.54) is 96.4 Å². The van der Waals surface area contributed by atoms with Gasteiger partial charge in [-0.1, -0.05) is 84.0 Å². The van der Waals surface area contributed by atoms with Crippen molar-refractivity contribution in [3.8, 4) is 0 Å². The van der Waals surface area contributed by atoms with Crippen molar-refractivity contribution in [1.29, 1.82) is 0 Å². The Hall–Kier alpha value is 1.26. The number of nitrogens with zero attached hydrogens (tertiary/aromatic N) is 1. The Morgan fingerprint density at radius 2 is 0.783 bits per heavy atom. The normalized spacial score (nSPS) is 10.4. The lowest BCUT2D eigenvalue weighted by Crippen LogP contribution is -3.00. The van der Waals surface area contributed by atoms with Gasteiger partial charge in [-0.25, -0.2) is 0 Å². The van der Waals surface area contributed by atoms with Crippen LogP contribution in [0.5, 0.6) is 0 Å². The molecule has 144 valence electrons. The highest BCUT2D eigenvalue weighted by Gasteiger charge is 2.04. The van der Waals surface area contributed by atoms with E-state index in [2.05, 4.69) is 28.1 Å². The van der Waals surface area contributed by atoms with Crippen molar-refractivity contribution < 1.29 is 21.5 Å². The maximum Gasteiger partial charge on any atom is 0.187 e. The topological polar surface area (TPSA) is 0 Å². The maximum atomic E-state index is 2.29. The van der Waals surface area contributed by atoms with E-state index >= 15 is 0 Å². The minimum Gasteiger partial charge on any atom is -1.00 e. The number of unbranched alkanes of at least 4 members (excludes halogenated alkanes) is 13. The molecular weight excluding hydrogens is 385 g/mol. The summed E-state index contributed by atoms with van der Waals surface area (Å²) in [5.41, 5.74) is 0. The lowest BCUT2D eigenvalue weighted by atomic mass is 10.0. The fraction of sp³-hybridized carbons (Fsp3) is 1.00. The highest BCUT2D eigenvalue weighted by atomic mass is 79.9. The van der Waals surface area contributed by atoms with Crippen molar-refractivity contribution in [3.63, 3.8) is 0 Å². The highest BCUT2D eigenvalue weighted by molar-refractivity contribution is 5.85. The largest absolute Gasteiger partial charge is 1.00 e.